The standard InChI is InChI=1S/C26H44N4O4S/c1-6-18-35(33,34)29(17-12-21(3)4)20-25(31)30(19-23-11-9-8-10-22(23)5)24-13-15-28(16-14-24)26(32)27-7-2/h8-11,21,24H,6-7,12-20H2,1-5H3,(H,27,32). The Bertz CT molecular complexity index is 927. The number of carbonyl (C=O) groups excluding carboxylic acids is 2. The Morgan fingerprint density at radius 1 is 1.14 bits per heavy atom. The first-order chi connectivity index (χ1) is 16.6. The number of carbonyl (C=O) groups is 2. The highest BCUT2D eigenvalue weighted by molar-refractivity contribution is 7.89. The molecule has 1 aromatic carbocycles. The molecule has 0 saturated carbocycles. The molecule has 1 fully saturated rings. The summed E-state index contributed by atoms with van der Waals surface area (Å²) >= 11 is 0. The molecule has 1 aliphatic heterocycles. The van der Waals surface area contributed by atoms with Gasteiger partial charge in [-0.25, -0.2) is 13.2 Å². The van der Waals surface area contributed by atoms with E-state index in [0.29, 0.717) is 64.3 Å². The monoisotopic (exact) mass is 508 g/mol. The Kier molecular flexibility index (Phi) is 11.5. The van der Waals surface area contributed by atoms with Gasteiger partial charge in [-0.15, -0.1) is 0 Å². The first kappa shape index (κ1) is 29.1. The van der Waals surface area contributed by atoms with Crippen LogP contribution in [0.15, 0.2) is 24.3 Å². The third-order valence-electron chi connectivity index (χ3n) is 6.57. The van der Waals surface area contributed by atoms with E-state index in [1.54, 1.807) is 4.90 Å². The molecule has 1 saturated heterocycles. The number of hydrogen-bond acceptors (Lipinski definition) is 4. The number of likely N-dealkylation sites (tertiary alicyclic amines) is 1. The SMILES string of the molecule is CCCS(=O)(=O)N(CCC(C)C)CC(=O)N(Cc1ccccc1C)C1CCN(C(=O)NCC)CC1. The van der Waals surface area contributed by atoms with Crippen LogP contribution in [0.3, 0.4) is 0 Å². The normalized spacial score (nSPS) is 15.0. The van der Waals surface area contributed by atoms with Crippen molar-refractivity contribution in [2.24, 2.45) is 5.92 Å². The summed E-state index contributed by atoms with van der Waals surface area (Å²) in [4.78, 5) is 29.6. The number of rotatable bonds is 12. The maximum atomic E-state index is 13.7. The quantitative estimate of drug-likeness (QED) is 0.467. The largest absolute Gasteiger partial charge is 0.338 e. The Labute approximate surface area is 212 Å². The third-order valence-corrected chi connectivity index (χ3v) is 8.59. The maximum absolute atomic E-state index is 13.7. The fourth-order valence-electron chi connectivity index (χ4n) is 4.38. The van der Waals surface area contributed by atoms with Crippen LogP contribution >= 0.6 is 0 Å². The minimum Gasteiger partial charge on any atom is -0.338 e. The first-order valence-corrected chi connectivity index (χ1v) is 14.5. The summed E-state index contributed by atoms with van der Waals surface area (Å²) in [6.07, 6.45) is 2.56. The van der Waals surface area contributed by atoms with E-state index in [9.17, 15) is 18.0 Å². The Morgan fingerprint density at radius 3 is 2.37 bits per heavy atom. The van der Waals surface area contributed by atoms with Gasteiger partial charge < -0.3 is 15.1 Å². The van der Waals surface area contributed by atoms with Crippen LogP contribution in [0, 0.1) is 12.8 Å². The molecule has 0 radical (unpaired) electrons. The molecular formula is C26H44N4O4S. The van der Waals surface area contributed by atoms with E-state index >= 15 is 0 Å². The minimum atomic E-state index is -3.51. The van der Waals surface area contributed by atoms with Gasteiger partial charge in [-0.3, -0.25) is 4.79 Å². The smallest absolute Gasteiger partial charge is 0.317 e. The molecule has 198 valence electrons. The molecule has 0 aromatic heterocycles. The summed E-state index contributed by atoms with van der Waals surface area (Å²) in [5.74, 6) is 0.209. The number of nitrogens with zero attached hydrogens (tertiary/aromatic N) is 3. The van der Waals surface area contributed by atoms with Crippen molar-refractivity contribution in [3.63, 3.8) is 0 Å². The zero-order valence-electron chi connectivity index (χ0n) is 22.1. The predicted octanol–water partition coefficient (Wildman–Crippen LogP) is 3.61. The van der Waals surface area contributed by atoms with Gasteiger partial charge in [0, 0.05) is 38.8 Å². The van der Waals surface area contributed by atoms with Gasteiger partial charge in [0.1, 0.15) is 0 Å². The number of nitrogens with one attached hydrogen (secondary N) is 1. The Balaban J connectivity index is 2.25. The van der Waals surface area contributed by atoms with Crippen LogP contribution in [0.5, 0.6) is 0 Å². The van der Waals surface area contributed by atoms with E-state index in [2.05, 4.69) is 19.2 Å². The summed E-state index contributed by atoms with van der Waals surface area (Å²) in [5, 5.41) is 2.84. The zero-order chi connectivity index (χ0) is 26.0. The van der Waals surface area contributed by atoms with Crippen LogP contribution in [-0.4, -0.2) is 79.0 Å². The van der Waals surface area contributed by atoms with Crippen LogP contribution in [0.25, 0.3) is 0 Å². The molecule has 0 spiro atoms. The second kappa shape index (κ2) is 13.8. The highest BCUT2D eigenvalue weighted by Crippen LogP contribution is 2.22. The Hall–Kier alpha value is -2.13. The number of hydrogen-bond donors (Lipinski definition) is 1. The lowest BCUT2D eigenvalue weighted by Gasteiger charge is -2.39. The third kappa shape index (κ3) is 8.79. The molecule has 0 aliphatic carbocycles. The van der Waals surface area contributed by atoms with Gasteiger partial charge in [0.15, 0.2) is 0 Å². The number of sulfonamides is 1. The topological polar surface area (TPSA) is 90.0 Å². The zero-order valence-corrected chi connectivity index (χ0v) is 22.9. The molecule has 3 amide bonds. The fraction of sp³-hybridized carbons (Fsp3) is 0.692. The highest BCUT2D eigenvalue weighted by atomic mass is 32.2. The molecule has 1 N–H and O–H groups in total. The molecule has 35 heavy (non-hydrogen) atoms. The van der Waals surface area contributed by atoms with Gasteiger partial charge in [0.2, 0.25) is 15.9 Å². The van der Waals surface area contributed by atoms with Gasteiger partial charge in [-0.2, -0.15) is 4.31 Å². The van der Waals surface area contributed by atoms with Crippen LogP contribution in [0.1, 0.15) is 64.5 Å². The Morgan fingerprint density at radius 2 is 1.80 bits per heavy atom. The lowest BCUT2D eigenvalue weighted by molar-refractivity contribution is -0.135. The highest BCUT2D eigenvalue weighted by Gasteiger charge is 2.32. The summed E-state index contributed by atoms with van der Waals surface area (Å²) in [5.41, 5.74) is 2.15. The summed E-state index contributed by atoms with van der Waals surface area (Å²) < 4.78 is 27.3. The second-order valence-electron chi connectivity index (χ2n) is 9.83. The van der Waals surface area contributed by atoms with Crippen LogP contribution < -0.4 is 5.32 Å². The van der Waals surface area contributed by atoms with E-state index in [1.165, 1.54) is 4.31 Å². The fourth-order valence-corrected chi connectivity index (χ4v) is 5.85. The van der Waals surface area contributed by atoms with Gasteiger partial charge in [0.25, 0.3) is 0 Å². The molecule has 0 bridgehead atoms. The average molecular weight is 509 g/mol. The molecule has 1 heterocycles. The predicted molar refractivity (Wildman–Crippen MR) is 141 cm³/mol. The summed E-state index contributed by atoms with van der Waals surface area (Å²) in [6.45, 7) is 12.2. The lowest BCUT2D eigenvalue weighted by atomic mass is 10.0. The van der Waals surface area contributed by atoms with Crippen molar-refractivity contribution in [3.8, 4) is 0 Å². The van der Waals surface area contributed by atoms with E-state index in [4.69, 9.17) is 0 Å². The van der Waals surface area contributed by atoms with E-state index in [-0.39, 0.29) is 30.3 Å². The van der Waals surface area contributed by atoms with Crippen molar-refractivity contribution in [1.82, 2.24) is 19.4 Å². The lowest BCUT2D eigenvalue weighted by Crippen LogP contribution is -2.52. The summed E-state index contributed by atoms with van der Waals surface area (Å²) in [7, 11) is -3.51. The number of benzene rings is 1. The van der Waals surface area contributed by atoms with E-state index < -0.39 is 10.0 Å². The minimum absolute atomic E-state index is 0.0428. The van der Waals surface area contributed by atoms with Crippen molar-refractivity contribution in [2.45, 2.75) is 72.9 Å². The van der Waals surface area contributed by atoms with Gasteiger partial charge >= 0.3 is 6.03 Å². The molecule has 1 aliphatic rings. The maximum Gasteiger partial charge on any atom is 0.317 e. The van der Waals surface area contributed by atoms with Crippen molar-refractivity contribution in [2.75, 3.05) is 38.5 Å². The van der Waals surface area contributed by atoms with Crippen molar-refractivity contribution in [3.05, 3.63) is 35.4 Å². The summed E-state index contributed by atoms with van der Waals surface area (Å²) in [6, 6.07) is 7.85. The first-order valence-electron chi connectivity index (χ1n) is 12.9. The molecule has 8 nitrogen and oxygen atoms in total. The van der Waals surface area contributed by atoms with Gasteiger partial charge in [0.05, 0.1) is 12.3 Å². The van der Waals surface area contributed by atoms with Crippen LogP contribution in [0.4, 0.5) is 4.79 Å². The second-order valence-corrected chi connectivity index (χ2v) is 11.9. The van der Waals surface area contributed by atoms with E-state index in [1.807, 2.05) is 49.9 Å². The average Bonchev–Trinajstić information content (AvgIpc) is 2.81. The van der Waals surface area contributed by atoms with Gasteiger partial charge in [-0.05, 0) is 56.6 Å². The molecule has 9 heteroatoms. The number of piperidine rings is 1. The molecule has 1 aromatic rings. The molecule has 2 rings (SSSR count). The van der Waals surface area contributed by atoms with Crippen molar-refractivity contribution in [1.29, 1.82) is 0 Å². The molecular weight excluding hydrogens is 464 g/mol. The number of urea groups is 1. The van der Waals surface area contributed by atoms with Crippen molar-refractivity contribution < 1.29 is 18.0 Å². The molecule has 0 atom stereocenters. The molecule has 0 unspecified atom stereocenters. The van der Waals surface area contributed by atoms with E-state index in [0.717, 1.165) is 11.1 Å². The van der Waals surface area contributed by atoms with Gasteiger partial charge in [-0.1, -0.05) is 45.0 Å². The van der Waals surface area contributed by atoms with Crippen molar-refractivity contribution >= 4 is 22.0 Å². The van der Waals surface area contributed by atoms with Crippen LogP contribution in [0.2, 0.25) is 0 Å². The number of amides is 3. The van der Waals surface area contributed by atoms with Crippen LogP contribution in [-0.2, 0) is 21.4 Å². The number of aryl methyl sites for hydroxylation is 1.